The maximum Gasteiger partial charge on any atom is 0.258 e. The van der Waals surface area contributed by atoms with Crippen molar-refractivity contribution in [3.8, 4) is 0 Å². The van der Waals surface area contributed by atoms with Gasteiger partial charge >= 0.3 is 0 Å². The van der Waals surface area contributed by atoms with Crippen molar-refractivity contribution >= 4 is 17.3 Å². The average Bonchev–Trinajstić information content (AvgIpc) is 2.35. The van der Waals surface area contributed by atoms with Crippen molar-refractivity contribution in [3.63, 3.8) is 0 Å². The molecule has 0 heterocycles. The van der Waals surface area contributed by atoms with E-state index in [2.05, 4.69) is 5.32 Å². The van der Waals surface area contributed by atoms with Gasteiger partial charge in [0.05, 0.1) is 5.56 Å². The highest BCUT2D eigenvalue weighted by atomic mass is 19.1. The zero-order chi connectivity index (χ0) is 14.9. The fraction of sp³-hybridized carbons (Fsp3) is 0.188. The van der Waals surface area contributed by atoms with Crippen molar-refractivity contribution in [2.45, 2.75) is 20.8 Å². The predicted molar refractivity (Wildman–Crippen MR) is 79.4 cm³/mol. The van der Waals surface area contributed by atoms with Gasteiger partial charge in [-0.2, -0.15) is 0 Å². The van der Waals surface area contributed by atoms with Crippen LogP contribution in [0.5, 0.6) is 0 Å². The number of amides is 1. The summed E-state index contributed by atoms with van der Waals surface area (Å²) in [6.07, 6.45) is 0. The highest BCUT2D eigenvalue weighted by molar-refractivity contribution is 6.05. The van der Waals surface area contributed by atoms with Gasteiger partial charge in [0.1, 0.15) is 5.82 Å². The molecule has 0 spiro atoms. The molecule has 0 unspecified atom stereocenters. The quantitative estimate of drug-likeness (QED) is 0.821. The molecule has 0 aromatic heterocycles. The van der Waals surface area contributed by atoms with Crippen LogP contribution in [0.1, 0.15) is 27.0 Å². The van der Waals surface area contributed by atoms with Crippen LogP contribution in [0.3, 0.4) is 0 Å². The van der Waals surface area contributed by atoms with Crippen LogP contribution in [0, 0.1) is 26.6 Å². The van der Waals surface area contributed by atoms with E-state index >= 15 is 0 Å². The molecule has 0 aliphatic heterocycles. The molecule has 0 bridgehead atoms. The Morgan fingerprint density at radius 1 is 1.10 bits per heavy atom. The number of hydrogen-bond acceptors (Lipinski definition) is 2. The minimum atomic E-state index is -0.521. The summed E-state index contributed by atoms with van der Waals surface area (Å²) in [5.74, 6) is -0.984. The summed E-state index contributed by atoms with van der Waals surface area (Å²) in [5, 5.41) is 2.72. The first-order chi connectivity index (χ1) is 9.38. The molecular weight excluding hydrogens is 255 g/mol. The maximum absolute atomic E-state index is 13.8. The van der Waals surface area contributed by atoms with Gasteiger partial charge < -0.3 is 11.1 Å². The molecule has 104 valence electrons. The van der Waals surface area contributed by atoms with Crippen molar-refractivity contribution in [1.82, 2.24) is 0 Å². The van der Waals surface area contributed by atoms with E-state index in [1.165, 1.54) is 12.1 Å². The Balaban J connectivity index is 2.30. The molecule has 0 saturated carbocycles. The third-order valence-electron chi connectivity index (χ3n) is 3.23. The third kappa shape index (κ3) is 2.79. The molecule has 3 N–H and O–H groups in total. The lowest BCUT2D eigenvalue weighted by Crippen LogP contribution is -2.15. The van der Waals surface area contributed by atoms with Crippen LogP contribution in [0.15, 0.2) is 30.3 Å². The highest BCUT2D eigenvalue weighted by Crippen LogP contribution is 2.23. The van der Waals surface area contributed by atoms with E-state index in [0.717, 1.165) is 16.7 Å². The number of carbonyl (C=O) groups is 1. The third-order valence-corrected chi connectivity index (χ3v) is 3.23. The number of benzene rings is 2. The minimum absolute atomic E-state index is 0.0319. The molecule has 0 atom stereocenters. The van der Waals surface area contributed by atoms with Gasteiger partial charge in [0.25, 0.3) is 5.91 Å². The fourth-order valence-electron chi connectivity index (χ4n) is 1.97. The Kier molecular flexibility index (Phi) is 3.74. The standard InChI is InChI=1S/C16H17FN2O/c1-9-4-5-12(13(17)6-9)16(20)19-15-8-10(2)14(18)7-11(15)3/h4-8H,18H2,1-3H3,(H,19,20). The number of halogens is 1. The summed E-state index contributed by atoms with van der Waals surface area (Å²) >= 11 is 0. The van der Waals surface area contributed by atoms with E-state index < -0.39 is 11.7 Å². The van der Waals surface area contributed by atoms with Crippen molar-refractivity contribution in [1.29, 1.82) is 0 Å². The summed E-state index contributed by atoms with van der Waals surface area (Å²) in [6.45, 7) is 5.48. The molecule has 0 saturated heterocycles. The number of hydrogen-bond donors (Lipinski definition) is 2. The second-order valence-corrected chi connectivity index (χ2v) is 4.96. The van der Waals surface area contributed by atoms with E-state index in [4.69, 9.17) is 5.73 Å². The van der Waals surface area contributed by atoms with Crippen molar-refractivity contribution in [2.75, 3.05) is 11.1 Å². The summed E-state index contributed by atoms with van der Waals surface area (Å²) < 4.78 is 13.8. The Bertz CT molecular complexity index is 680. The highest BCUT2D eigenvalue weighted by Gasteiger charge is 2.13. The Morgan fingerprint density at radius 3 is 2.45 bits per heavy atom. The van der Waals surface area contributed by atoms with E-state index in [-0.39, 0.29) is 5.56 Å². The second kappa shape index (κ2) is 5.33. The molecule has 2 aromatic rings. The lowest BCUT2D eigenvalue weighted by Gasteiger charge is -2.12. The Hall–Kier alpha value is -2.36. The first kappa shape index (κ1) is 14.1. The van der Waals surface area contributed by atoms with E-state index in [1.807, 2.05) is 13.8 Å². The van der Waals surface area contributed by atoms with Crippen LogP contribution in [-0.4, -0.2) is 5.91 Å². The van der Waals surface area contributed by atoms with Gasteiger partial charge in [0.2, 0.25) is 0 Å². The van der Waals surface area contributed by atoms with Gasteiger partial charge in [-0.25, -0.2) is 4.39 Å². The first-order valence-corrected chi connectivity index (χ1v) is 6.32. The van der Waals surface area contributed by atoms with E-state index in [0.29, 0.717) is 11.4 Å². The van der Waals surface area contributed by atoms with Crippen LogP contribution in [-0.2, 0) is 0 Å². The van der Waals surface area contributed by atoms with Crippen LogP contribution < -0.4 is 11.1 Å². The fourth-order valence-corrected chi connectivity index (χ4v) is 1.97. The molecule has 3 nitrogen and oxygen atoms in total. The maximum atomic E-state index is 13.8. The number of nitrogens with one attached hydrogen (secondary N) is 1. The summed E-state index contributed by atoms with van der Waals surface area (Å²) in [7, 11) is 0. The average molecular weight is 272 g/mol. The SMILES string of the molecule is Cc1ccc(C(=O)Nc2cc(C)c(N)cc2C)c(F)c1. The number of aryl methyl sites for hydroxylation is 3. The zero-order valence-corrected chi connectivity index (χ0v) is 11.8. The van der Waals surface area contributed by atoms with Crippen molar-refractivity contribution < 1.29 is 9.18 Å². The zero-order valence-electron chi connectivity index (χ0n) is 11.8. The van der Waals surface area contributed by atoms with Gasteiger partial charge in [0.15, 0.2) is 0 Å². The molecule has 2 rings (SSSR count). The van der Waals surface area contributed by atoms with Crippen LogP contribution >= 0.6 is 0 Å². The van der Waals surface area contributed by atoms with Gasteiger partial charge in [-0.05, 0) is 61.7 Å². The number of rotatable bonds is 2. The Morgan fingerprint density at radius 2 is 1.80 bits per heavy atom. The molecule has 0 radical (unpaired) electrons. The predicted octanol–water partition coefficient (Wildman–Crippen LogP) is 3.59. The lowest BCUT2D eigenvalue weighted by atomic mass is 10.1. The van der Waals surface area contributed by atoms with Gasteiger partial charge in [0, 0.05) is 11.4 Å². The van der Waals surface area contributed by atoms with Gasteiger partial charge in [-0.15, -0.1) is 0 Å². The van der Waals surface area contributed by atoms with Crippen molar-refractivity contribution in [2.24, 2.45) is 0 Å². The topological polar surface area (TPSA) is 55.1 Å². The first-order valence-electron chi connectivity index (χ1n) is 6.32. The molecule has 2 aromatic carbocycles. The number of nitrogen functional groups attached to an aromatic ring is 1. The summed E-state index contributed by atoms with van der Waals surface area (Å²) in [4.78, 5) is 12.1. The molecular formula is C16H17FN2O. The normalized spacial score (nSPS) is 10.4. The largest absolute Gasteiger partial charge is 0.399 e. The second-order valence-electron chi connectivity index (χ2n) is 4.96. The monoisotopic (exact) mass is 272 g/mol. The number of anilines is 2. The molecule has 1 amide bonds. The van der Waals surface area contributed by atoms with Crippen LogP contribution in [0.2, 0.25) is 0 Å². The van der Waals surface area contributed by atoms with E-state index in [9.17, 15) is 9.18 Å². The molecule has 0 fully saturated rings. The molecule has 0 aliphatic rings. The smallest absolute Gasteiger partial charge is 0.258 e. The lowest BCUT2D eigenvalue weighted by molar-refractivity contribution is 0.102. The number of nitrogens with two attached hydrogens (primary N) is 1. The van der Waals surface area contributed by atoms with Crippen LogP contribution in [0.25, 0.3) is 0 Å². The molecule has 0 aliphatic carbocycles. The van der Waals surface area contributed by atoms with Gasteiger partial charge in [-0.3, -0.25) is 4.79 Å². The van der Waals surface area contributed by atoms with Crippen LogP contribution in [0.4, 0.5) is 15.8 Å². The molecule has 4 heteroatoms. The number of carbonyl (C=O) groups excluding carboxylic acids is 1. The van der Waals surface area contributed by atoms with Crippen molar-refractivity contribution in [3.05, 3.63) is 58.4 Å². The van der Waals surface area contributed by atoms with Gasteiger partial charge in [-0.1, -0.05) is 6.07 Å². The molecule has 20 heavy (non-hydrogen) atoms. The summed E-state index contributed by atoms with van der Waals surface area (Å²) in [5.41, 5.74) is 9.63. The minimum Gasteiger partial charge on any atom is -0.399 e. The van der Waals surface area contributed by atoms with E-state index in [1.54, 1.807) is 25.1 Å². The summed E-state index contributed by atoms with van der Waals surface area (Å²) in [6, 6.07) is 8.11. The Labute approximate surface area is 117 Å².